The number of alkyl halides is 1. The molecule has 15 heavy (non-hydrogen) atoms. The lowest BCUT2D eigenvalue weighted by atomic mass is 10.0. The predicted molar refractivity (Wildman–Crippen MR) is 68.6 cm³/mol. The van der Waals surface area contributed by atoms with Crippen LogP contribution in [0.15, 0.2) is 0 Å². The quantitative estimate of drug-likeness (QED) is 0.601. The van der Waals surface area contributed by atoms with Gasteiger partial charge in [0.25, 0.3) is 0 Å². The normalized spacial score (nSPS) is 18.2. The molecule has 0 unspecified atom stereocenters. The number of nitrogens with zero attached hydrogens (tertiary/aromatic N) is 1. The van der Waals surface area contributed by atoms with E-state index in [-0.39, 0.29) is 0 Å². The summed E-state index contributed by atoms with van der Waals surface area (Å²) in [4.78, 5) is 2.63. The first-order valence-corrected chi connectivity index (χ1v) is 7.15. The summed E-state index contributed by atoms with van der Waals surface area (Å²) in [6.07, 6.45) is 8.31. The smallest absolute Gasteiger partial charge is 0.0351 e. The van der Waals surface area contributed by atoms with Crippen LogP contribution in [0.25, 0.3) is 0 Å². The largest absolute Gasteiger partial charge is 0.299 e. The highest BCUT2D eigenvalue weighted by atomic mass is 35.5. The summed E-state index contributed by atoms with van der Waals surface area (Å²) in [5.74, 6) is 1.73. The topological polar surface area (TPSA) is 3.24 Å². The van der Waals surface area contributed by atoms with Gasteiger partial charge in [-0.2, -0.15) is 0 Å². The van der Waals surface area contributed by atoms with Crippen LogP contribution in [0.5, 0.6) is 0 Å². The molecule has 0 amide bonds. The summed E-state index contributed by atoms with van der Waals surface area (Å²) >= 11 is 5.90. The standard InChI is InChI=1S/C13H26ClN/c1-3-13(4-2)15(10-9-14)11-12-7-5-6-8-12/h12-13H,3-11H2,1-2H3. The molecule has 0 aromatic carbocycles. The maximum Gasteiger partial charge on any atom is 0.0351 e. The highest BCUT2D eigenvalue weighted by molar-refractivity contribution is 6.18. The Morgan fingerprint density at radius 3 is 2.27 bits per heavy atom. The molecule has 0 heterocycles. The van der Waals surface area contributed by atoms with E-state index in [1.807, 2.05) is 0 Å². The molecule has 0 bridgehead atoms. The summed E-state index contributed by atoms with van der Waals surface area (Å²) in [6.45, 7) is 6.96. The molecular formula is C13H26ClN. The molecule has 0 aromatic heterocycles. The molecule has 0 N–H and O–H groups in total. The number of rotatable bonds is 7. The molecule has 1 aliphatic carbocycles. The van der Waals surface area contributed by atoms with Gasteiger partial charge in [0.1, 0.15) is 0 Å². The monoisotopic (exact) mass is 231 g/mol. The van der Waals surface area contributed by atoms with Crippen molar-refractivity contribution in [3.63, 3.8) is 0 Å². The Kier molecular flexibility index (Phi) is 6.67. The van der Waals surface area contributed by atoms with Gasteiger partial charge in [-0.15, -0.1) is 11.6 Å². The Morgan fingerprint density at radius 1 is 1.20 bits per heavy atom. The van der Waals surface area contributed by atoms with Crippen LogP contribution in [0.4, 0.5) is 0 Å². The molecule has 0 saturated heterocycles. The van der Waals surface area contributed by atoms with Crippen molar-refractivity contribution in [2.75, 3.05) is 19.0 Å². The molecule has 2 heteroatoms. The number of hydrogen-bond donors (Lipinski definition) is 0. The summed E-state index contributed by atoms with van der Waals surface area (Å²) in [7, 11) is 0. The molecule has 1 saturated carbocycles. The van der Waals surface area contributed by atoms with Gasteiger partial charge in [0.05, 0.1) is 0 Å². The van der Waals surface area contributed by atoms with Crippen LogP contribution in [0, 0.1) is 5.92 Å². The van der Waals surface area contributed by atoms with Crippen molar-refractivity contribution in [1.82, 2.24) is 4.90 Å². The lowest BCUT2D eigenvalue weighted by Crippen LogP contribution is -2.39. The van der Waals surface area contributed by atoms with Gasteiger partial charge in [-0.25, -0.2) is 0 Å². The molecule has 0 spiro atoms. The van der Waals surface area contributed by atoms with Crippen LogP contribution in [-0.2, 0) is 0 Å². The van der Waals surface area contributed by atoms with E-state index in [4.69, 9.17) is 11.6 Å². The minimum Gasteiger partial charge on any atom is -0.299 e. The highest BCUT2D eigenvalue weighted by Gasteiger charge is 2.21. The minimum absolute atomic E-state index is 0.754. The van der Waals surface area contributed by atoms with E-state index in [9.17, 15) is 0 Å². The molecule has 1 rings (SSSR count). The second-order valence-corrected chi connectivity index (χ2v) is 5.18. The molecule has 1 nitrogen and oxygen atoms in total. The predicted octanol–water partition coefficient (Wildman–Crippen LogP) is 3.91. The second kappa shape index (κ2) is 7.51. The van der Waals surface area contributed by atoms with Crippen molar-refractivity contribution in [3.8, 4) is 0 Å². The minimum atomic E-state index is 0.754. The Morgan fingerprint density at radius 2 is 1.80 bits per heavy atom. The van der Waals surface area contributed by atoms with Crippen molar-refractivity contribution in [3.05, 3.63) is 0 Å². The van der Waals surface area contributed by atoms with Crippen LogP contribution in [0.2, 0.25) is 0 Å². The zero-order valence-electron chi connectivity index (χ0n) is 10.3. The summed E-state index contributed by atoms with van der Waals surface area (Å²) in [6, 6.07) is 0.754. The lowest BCUT2D eigenvalue weighted by molar-refractivity contribution is 0.167. The molecule has 0 aromatic rings. The third-order valence-electron chi connectivity index (χ3n) is 3.80. The van der Waals surface area contributed by atoms with Crippen molar-refractivity contribution in [2.45, 2.75) is 58.4 Å². The second-order valence-electron chi connectivity index (χ2n) is 4.80. The average Bonchev–Trinajstić information content (AvgIpc) is 2.72. The fourth-order valence-electron chi connectivity index (χ4n) is 2.86. The maximum atomic E-state index is 5.90. The van der Waals surface area contributed by atoms with Gasteiger partial charge in [-0.3, -0.25) is 4.90 Å². The summed E-state index contributed by atoms with van der Waals surface area (Å²) in [5.41, 5.74) is 0. The van der Waals surface area contributed by atoms with Crippen LogP contribution in [0.1, 0.15) is 52.4 Å². The molecule has 0 aliphatic heterocycles. The zero-order chi connectivity index (χ0) is 11.1. The summed E-state index contributed by atoms with van der Waals surface area (Å²) in [5, 5.41) is 0. The van der Waals surface area contributed by atoms with Gasteiger partial charge in [0.2, 0.25) is 0 Å². The molecule has 90 valence electrons. The Bertz CT molecular complexity index is 151. The Hall–Kier alpha value is 0.250. The lowest BCUT2D eigenvalue weighted by Gasteiger charge is -2.32. The van der Waals surface area contributed by atoms with Crippen LogP contribution in [0.3, 0.4) is 0 Å². The van der Waals surface area contributed by atoms with E-state index >= 15 is 0 Å². The van der Waals surface area contributed by atoms with Gasteiger partial charge in [0, 0.05) is 25.0 Å². The summed E-state index contributed by atoms with van der Waals surface area (Å²) < 4.78 is 0. The first-order chi connectivity index (χ1) is 7.31. The Balaban J connectivity index is 2.40. The molecular weight excluding hydrogens is 206 g/mol. The zero-order valence-corrected chi connectivity index (χ0v) is 11.1. The highest BCUT2D eigenvalue weighted by Crippen LogP contribution is 2.26. The number of hydrogen-bond acceptors (Lipinski definition) is 1. The third kappa shape index (κ3) is 4.32. The van der Waals surface area contributed by atoms with Crippen molar-refractivity contribution in [1.29, 1.82) is 0 Å². The molecule has 1 fully saturated rings. The van der Waals surface area contributed by atoms with Crippen molar-refractivity contribution in [2.24, 2.45) is 5.92 Å². The number of halogens is 1. The van der Waals surface area contributed by atoms with Gasteiger partial charge >= 0.3 is 0 Å². The Labute approximate surface area is 100 Å². The average molecular weight is 232 g/mol. The third-order valence-corrected chi connectivity index (χ3v) is 3.97. The SMILES string of the molecule is CCC(CC)N(CCCl)CC1CCCC1. The fourth-order valence-corrected chi connectivity index (χ4v) is 3.08. The first kappa shape index (κ1) is 13.3. The fraction of sp³-hybridized carbons (Fsp3) is 1.00. The van der Waals surface area contributed by atoms with Gasteiger partial charge in [-0.1, -0.05) is 26.7 Å². The van der Waals surface area contributed by atoms with E-state index < -0.39 is 0 Å². The van der Waals surface area contributed by atoms with Crippen molar-refractivity contribution >= 4 is 11.6 Å². The van der Waals surface area contributed by atoms with E-state index in [0.29, 0.717) is 0 Å². The van der Waals surface area contributed by atoms with Gasteiger partial charge in [0.15, 0.2) is 0 Å². The van der Waals surface area contributed by atoms with Gasteiger partial charge in [-0.05, 0) is 31.6 Å². The molecule has 0 radical (unpaired) electrons. The van der Waals surface area contributed by atoms with Crippen LogP contribution in [-0.4, -0.2) is 29.9 Å². The van der Waals surface area contributed by atoms with E-state index in [0.717, 1.165) is 24.4 Å². The molecule has 0 atom stereocenters. The van der Waals surface area contributed by atoms with Gasteiger partial charge < -0.3 is 0 Å². The van der Waals surface area contributed by atoms with Crippen LogP contribution >= 0.6 is 11.6 Å². The first-order valence-electron chi connectivity index (χ1n) is 6.61. The molecule has 1 aliphatic rings. The van der Waals surface area contributed by atoms with E-state index in [2.05, 4.69) is 18.7 Å². The maximum absolute atomic E-state index is 5.90. The van der Waals surface area contributed by atoms with Crippen LogP contribution < -0.4 is 0 Å². The van der Waals surface area contributed by atoms with E-state index in [1.165, 1.54) is 45.1 Å². The van der Waals surface area contributed by atoms with E-state index in [1.54, 1.807) is 0 Å². The van der Waals surface area contributed by atoms with Crippen molar-refractivity contribution < 1.29 is 0 Å².